The molecule has 0 radical (unpaired) electrons. The van der Waals surface area contributed by atoms with E-state index in [-0.39, 0.29) is 0 Å². The number of benzene rings is 2. The third-order valence-electron chi connectivity index (χ3n) is 2.58. The zero-order valence-electron chi connectivity index (χ0n) is 9.81. The summed E-state index contributed by atoms with van der Waals surface area (Å²) in [5.74, 6) is -0.954. The summed E-state index contributed by atoms with van der Waals surface area (Å²) < 4.78 is 0.938. The van der Waals surface area contributed by atoms with Crippen molar-refractivity contribution in [1.82, 2.24) is 0 Å². The summed E-state index contributed by atoms with van der Waals surface area (Å²) in [6.45, 7) is 0. The van der Waals surface area contributed by atoms with E-state index in [2.05, 4.69) is 21.2 Å². The van der Waals surface area contributed by atoms with Crippen molar-refractivity contribution in [1.29, 1.82) is 0 Å². The molecular weight excluding hydrogens is 330 g/mol. The minimum absolute atomic E-state index is 0.515. The van der Waals surface area contributed by atoms with Crippen molar-refractivity contribution >= 4 is 39.2 Å². The first-order valence-electron chi connectivity index (χ1n) is 5.56. The van der Waals surface area contributed by atoms with Gasteiger partial charge < -0.3 is 10.4 Å². The zero-order valence-corrected chi connectivity index (χ0v) is 12.1. The van der Waals surface area contributed by atoms with Crippen LogP contribution in [0.1, 0.15) is 11.6 Å². The number of aliphatic carboxylic acids is 1. The lowest BCUT2D eigenvalue weighted by Gasteiger charge is -2.16. The first kappa shape index (κ1) is 13.9. The van der Waals surface area contributed by atoms with E-state index >= 15 is 0 Å². The molecule has 0 bridgehead atoms. The number of rotatable bonds is 4. The second-order valence-corrected chi connectivity index (χ2v) is 5.33. The molecule has 0 saturated heterocycles. The first-order chi connectivity index (χ1) is 9.06. The van der Waals surface area contributed by atoms with Gasteiger partial charge in [0.15, 0.2) is 6.04 Å². The average Bonchev–Trinajstić information content (AvgIpc) is 2.37. The number of carboxylic acids is 1. The highest BCUT2D eigenvalue weighted by atomic mass is 79.9. The first-order valence-corrected chi connectivity index (χ1v) is 6.74. The van der Waals surface area contributed by atoms with Gasteiger partial charge in [0, 0.05) is 15.2 Å². The third kappa shape index (κ3) is 3.72. The normalized spacial score (nSPS) is 11.9. The Labute approximate surface area is 124 Å². The van der Waals surface area contributed by atoms with Crippen LogP contribution in [0.2, 0.25) is 5.02 Å². The molecule has 5 heteroatoms. The van der Waals surface area contributed by atoms with Gasteiger partial charge in [-0.05, 0) is 42.0 Å². The Hall–Kier alpha value is -1.52. The summed E-state index contributed by atoms with van der Waals surface area (Å²) in [4.78, 5) is 11.4. The van der Waals surface area contributed by atoms with Crippen molar-refractivity contribution in [3.8, 4) is 0 Å². The molecule has 0 saturated carbocycles. The summed E-state index contributed by atoms with van der Waals surface area (Å²) in [6.07, 6.45) is 0. The number of hydrogen-bond acceptors (Lipinski definition) is 2. The van der Waals surface area contributed by atoms with Crippen LogP contribution in [0.3, 0.4) is 0 Å². The lowest BCUT2D eigenvalue weighted by Crippen LogP contribution is -2.20. The van der Waals surface area contributed by atoms with Crippen LogP contribution >= 0.6 is 27.5 Å². The van der Waals surface area contributed by atoms with E-state index in [4.69, 9.17) is 11.6 Å². The van der Waals surface area contributed by atoms with Gasteiger partial charge in [-0.1, -0.05) is 39.7 Å². The predicted octanol–water partition coefficient (Wildman–Crippen LogP) is 4.34. The van der Waals surface area contributed by atoms with Crippen molar-refractivity contribution < 1.29 is 9.90 Å². The van der Waals surface area contributed by atoms with Crippen molar-refractivity contribution in [2.45, 2.75) is 6.04 Å². The number of nitrogens with one attached hydrogen (secondary N) is 1. The van der Waals surface area contributed by atoms with Crippen LogP contribution in [0.25, 0.3) is 0 Å². The Morgan fingerprint density at radius 2 is 1.89 bits per heavy atom. The van der Waals surface area contributed by atoms with Crippen molar-refractivity contribution in [3.05, 3.63) is 63.6 Å². The van der Waals surface area contributed by atoms with Crippen molar-refractivity contribution in [2.75, 3.05) is 5.32 Å². The molecule has 1 unspecified atom stereocenters. The maximum absolute atomic E-state index is 11.4. The van der Waals surface area contributed by atoms with Crippen LogP contribution in [0, 0.1) is 0 Å². The van der Waals surface area contributed by atoms with Gasteiger partial charge in [-0.15, -0.1) is 0 Å². The Balaban J connectivity index is 2.26. The number of hydrogen-bond donors (Lipinski definition) is 2. The maximum Gasteiger partial charge on any atom is 0.330 e. The number of anilines is 1. The maximum atomic E-state index is 11.4. The Bertz CT molecular complexity index is 586. The van der Waals surface area contributed by atoms with E-state index < -0.39 is 12.0 Å². The van der Waals surface area contributed by atoms with Crippen LogP contribution in [-0.4, -0.2) is 11.1 Å². The third-order valence-corrected chi connectivity index (χ3v) is 3.35. The molecule has 0 aliphatic heterocycles. The molecule has 0 aliphatic carbocycles. The van der Waals surface area contributed by atoms with Crippen LogP contribution in [0.4, 0.5) is 5.69 Å². The molecule has 98 valence electrons. The summed E-state index contributed by atoms with van der Waals surface area (Å²) in [7, 11) is 0. The molecule has 2 rings (SSSR count). The van der Waals surface area contributed by atoms with Crippen molar-refractivity contribution in [3.63, 3.8) is 0 Å². The fourth-order valence-corrected chi connectivity index (χ4v) is 2.15. The topological polar surface area (TPSA) is 49.3 Å². The van der Waals surface area contributed by atoms with Gasteiger partial charge in [-0.3, -0.25) is 0 Å². The molecule has 2 aromatic carbocycles. The summed E-state index contributed by atoms with van der Waals surface area (Å²) >= 11 is 9.22. The molecule has 2 N–H and O–H groups in total. The van der Waals surface area contributed by atoms with Gasteiger partial charge in [-0.2, -0.15) is 0 Å². The van der Waals surface area contributed by atoms with E-state index in [1.165, 1.54) is 0 Å². The molecule has 0 aliphatic rings. The van der Waals surface area contributed by atoms with Crippen molar-refractivity contribution in [2.24, 2.45) is 0 Å². The lowest BCUT2D eigenvalue weighted by molar-refractivity contribution is -0.138. The fraction of sp³-hybridized carbons (Fsp3) is 0.0714. The molecule has 0 fully saturated rings. The highest BCUT2D eigenvalue weighted by Gasteiger charge is 2.19. The second kappa shape index (κ2) is 6.08. The quantitative estimate of drug-likeness (QED) is 0.870. The number of carbonyl (C=O) groups is 1. The summed E-state index contributed by atoms with van der Waals surface area (Å²) in [5.41, 5.74) is 1.35. The molecule has 0 aromatic heterocycles. The number of carboxylic acid groups (broad SMARTS) is 1. The predicted molar refractivity (Wildman–Crippen MR) is 79.6 cm³/mol. The molecule has 19 heavy (non-hydrogen) atoms. The zero-order chi connectivity index (χ0) is 13.8. The lowest BCUT2D eigenvalue weighted by atomic mass is 10.1. The Morgan fingerprint density at radius 3 is 2.47 bits per heavy atom. The van der Waals surface area contributed by atoms with Gasteiger partial charge in [-0.25, -0.2) is 4.79 Å². The largest absolute Gasteiger partial charge is 0.479 e. The molecule has 1 atom stereocenters. The minimum atomic E-state index is -0.954. The van der Waals surface area contributed by atoms with Crippen LogP contribution in [0.15, 0.2) is 53.0 Å². The van der Waals surface area contributed by atoms with Crippen LogP contribution in [0.5, 0.6) is 0 Å². The smallest absolute Gasteiger partial charge is 0.330 e. The SMILES string of the molecule is O=C(O)C(Nc1ccc(Br)cc1)c1cccc(Cl)c1. The van der Waals surface area contributed by atoms with Crippen LogP contribution in [-0.2, 0) is 4.79 Å². The Morgan fingerprint density at radius 1 is 1.21 bits per heavy atom. The molecular formula is C14H11BrClNO2. The van der Waals surface area contributed by atoms with Gasteiger partial charge in [0.2, 0.25) is 0 Å². The minimum Gasteiger partial charge on any atom is -0.479 e. The van der Waals surface area contributed by atoms with Gasteiger partial charge in [0.05, 0.1) is 0 Å². The second-order valence-electron chi connectivity index (χ2n) is 3.98. The summed E-state index contributed by atoms with van der Waals surface area (Å²) in [5, 5.41) is 12.8. The number of halogens is 2. The van der Waals surface area contributed by atoms with Crippen LogP contribution < -0.4 is 5.32 Å². The molecule has 0 amide bonds. The van der Waals surface area contributed by atoms with E-state index in [9.17, 15) is 9.90 Å². The van der Waals surface area contributed by atoms with Gasteiger partial charge in [0.25, 0.3) is 0 Å². The highest BCUT2D eigenvalue weighted by Crippen LogP contribution is 2.23. The van der Waals surface area contributed by atoms with E-state index in [0.717, 1.165) is 10.2 Å². The monoisotopic (exact) mass is 339 g/mol. The van der Waals surface area contributed by atoms with E-state index in [1.54, 1.807) is 24.3 Å². The molecule has 0 heterocycles. The Kier molecular flexibility index (Phi) is 4.45. The van der Waals surface area contributed by atoms with Gasteiger partial charge in [0.1, 0.15) is 0 Å². The standard InChI is InChI=1S/C14H11BrClNO2/c15-10-4-6-12(7-5-10)17-13(14(18)19)9-2-1-3-11(16)8-9/h1-8,13,17H,(H,18,19). The molecule has 2 aromatic rings. The molecule has 0 spiro atoms. The fourth-order valence-electron chi connectivity index (χ4n) is 1.69. The van der Waals surface area contributed by atoms with E-state index in [1.807, 2.05) is 24.3 Å². The summed E-state index contributed by atoms with van der Waals surface area (Å²) in [6, 6.07) is 13.3. The van der Waals surface area contributed by atoms with E-state index in [0.29, 0.717) is 10.6 Å². The average molecular weight is 341 g/mol. The molecule has 3 nitrogen and oxygen atoms in total. The highest BCUT2D eigenvalue weighted by molar-refractivity contribution is 9.10. The van der Waals surface area contributed by atoms with Gasteiger partial charge >= 0.3 is 5.97 Å².